The van der Waals surface area contributed by atoms with Crippen LogP contribution in [0.15, 0.2) is 84.9 Å². The SMILES string of the molecule is Clc1ccc(-n2nc(-c3ccccc3)c(-c3ccccc3)n2)cc1. The molecule has 0 amide bonds. The highest BCUT2D eigenvalue weighted by atomic mass is 35.5. The zero-order valence-corrected chi connectivity index (χ0v) is 13.6. The molecule has 4 aromatic rings. The van der Waals surface area contributed by atoms with E-state index in [1.54, 1.807) is 4.80 Å². The highest BCUT2D eigenvalue weighted by Gasteiger charge is 2.15. The van der Waals surface area contributed by atoms with Crippen molar-refractivity contribution in [3.63, 3.8) is 0 Å². The second-order valence-electron chi connectivity index (χ2n) is 5.40. The molecular formula is C20H14ClN3. The third kappa shape index (κ3) is 2.82. The molecule has 0 saturated carbocycles. The summed E-state index contributed by atoms with van der Waals surface area (Å²) in [4.78, 5) is 1.65. The van der Waals surface area contributed by atoms with Gasteiger partial charge in [-0.2, -0.15) is 4.80 Å². The third-order valence-electron chi connectivity index (χ3n) is 3.77. The molecule has 0 saturated heterocycles. The van der Waals surface area contributed by atoms with Gasteiger partial charge in [0.15, 0.2) is 0 Å². The number of rotatable bonds is 3. The summed E-state index contributed by atoms with van der Waals surface area (Å²) in [6.07, 6.45) is 0. The summed E-state index contributed by atoms with van der Waals surface area (Å²) < 4.78 is 0. The maximum absolute atomic E-state index is 5.98. The minimum absolute atomic E-state index is 0.692. The van der Waals surface area contributed by atoms with E-state index >= 15 is 0 Å². The van der Waals surface area contributed by atoms with Gasteiger partial charge in [0, 0.05) is 16.1 Å². The molecule has 0 unspecified atom stereocenters. The van der Waals surface area contributed by atoms with Gasteiger partial charge in [-0.3, -0.25) is 0 Å². The largest absolute Gasteiger partial charge is 0.150 e. The fraction of sp³-hybridized carbons (Fsp3) is 0. The van der Waals surface area contributed by atoms with Crippen molar-refractivity contribution in [2.45, 2.75) is 0 Å². The molecule has 0 spiro atoms. The summed E-state index contributed by atoms with van der Waals surface area (Å²) in [6.45, 7) is 0. The van der Waals surface area contributed by atoms with Crippen LogP contribution >= 0.6 is 11.6 Å². The van der Waals surface area contributed by atoms with Gasteiger partial charge in [-0.25, -0.2) is 0 Å². The molecule has 0 aliphatic carbocycles. The lowest BCUT2D eigenvalue weighted by atomic mass is 10.1. The van der Waals surface area contributed by atoms with E-state index in [9.17, 15) is 0 Å². The van der Waals surface area contributed by atoms with E-state index < -0.39 is 0 Å². The Balaban J connectivity index is 1.89. The Morgan fingerprint density at radius 3 is 1.50 bits per heavy atom. The van der Waals surface area contributed by atoms with Crippen LogP contribution in [0.2, 0.25) is 5.02 Å². The summed E-state index contributed by atoms with van der Waals surface area (Å²) in [5, 5.41) is 10.1. The Hall–Kier alpha value is -2.91. The van der Waals surface area contributed by atoms with Crippen LogP contribution in [0.5, 0.6) is 0 Å². The fourth-order valence-corrected chi connectivity index (χ4v) is 2.70. The number of hydrogen-bond acceptors (Lipinski definition) is 2. The van der Waals surface area contributed by atoms with Crippen molar-refractivity contribution in [1.29, 1.82) is 0 Å². The lowest BCUT2D eigenvalue weighted by Crippen LogP contribution is -1.98. The Kier molecular flexibility index (Phi) is 3.85. The molecule has 0 bridgehead atoms. The zero-order chi connectivity index (χ0) is 16.4. The lowest BCUT2D eigenvalue weighted by molar-refractivity contribution is 0.756. The molecule has 0 atom stereocenters. The van der Waals surface area contributed by atoms with E-state index in [1.807, 2.05) is 84.9 Å². The van der Waals surface area contributed by atoms with Crippen molar-refractivity contribution in [3.05, 3.63) is 90.0 Å². The molecule has 3 aromatic carbocycles. The summed E-state index contributed by atoms with van der Waals surface area (Å²) in [5.74, 6) is 0. The van der Waals surface area contributed by atoms with E-state index in [-0.39, 0.29) is 0 Å². The number of benzene rings is 3. The van der Waals surface area contributed by atoms with Crippen LogP contribution < -0.4 is 0 Å². The predicted octanol–water partition coefficient (Wildman–Crippen LogP) is 5.25. The minimum Gasteiger partial charge on any atom is -0.150 e. The van der Waals surface area contributed by atoms with E-state index in [4.69, 9.17) is 21.8 Å². The molecule has 0 aliphatic rings. The number of aromatic nitrogens is 3. The average molecular weight is 332 g/mol. The molecule has 0 radical (unpaired) electrons. The molecular weight excluding hydrogens is 318 g/mol. The van der Waals surface area contributed by atoms with Crippen molar-refractivity contribution in [3.8, 4) is 28.2 Å². The van der Waals surface area contributed by atoms with Crippen LogP contribution in [-0.2, 0) is 0 Å². The first kappa shape index (κ1) is 14.7. The highest BCUT2D eigenvalue weighted by molar-refractivity contribution is 6.30. The average Bonchev–Trinajstić information content (AvgIpc) is 3.09. The van der Waals surface area contributed by atoms with Crippen molar-refractivity contribution in [2.75, 3.05) is 0 Å². The first-order valence-corrected chi connectivity index (χ1v) is 8.03. The van der Waals surface area contributed by atoms with E-state index in [2.05, 4.69) is 0 Å². The Labute approximate surface area is 145 Å². The van der Waals surface area contributed by atoms with Gasteiger partial charge in [0.1, 0.15) is 11.4 Å². The minimum atomic E-state index is 0.692. The standard InChI is InChI=1S/C20H14ClN3/c21-17-11-13-18(14-12-17)24-22-19(15-7-3-1-4-8-15)20(23-24)16-9-5-2-6-10-16/h1-14H. The predicted molar refractivity (Wildman–Crippen MR) is 97.2 cm³/mol. The molecule has 0 aliphatic heterocycles. The molecule has 0 fully saturated rings. The van der Waals surface area contributed by atoms with E-state index in [0.717, 1.165) is 28.2 Å². The maximum atomic E-state index is 5.98. The van der Waals surface area contributed by atoms with Crippen LogP contribution in [0.1, 0.15) is 0 Å². The summed E-state index contributed by atoms with van der Waals surface area (Å²) >= 11 is 5.98. The third-order valence-corrected chi connectivity index (χ3v) is 4.02. The van der Waals surface area contributed by atoms with Crippen LogP contribution in [0.3, 0.4) is 0 Å². The van der Waals surface area contributed by atoms with Crippen LogP contribution in [-0.4, -0.2) is 15.0 Å². The number of hydrogen-bond donors (Lipinski definition) is 0. The molecule has 4 heteroatoms. The van der Waals surface area contributed by atoms with Gasteiger partial charge < -0.3 is 0 Å². The molecule has 3 nitrogen and oxygen atoms in total. The van der Waals surface area contributed by atoms with E-state index in [0.29, 0.717) is 5.02 Å². The molecule has 0 N–H and O–H groups in total. The molecule has 24 heavy (non-hydrogen) atoms. The summed E-state index contributed by atoms with van der Waals surface area (Å²) in [7, 11) is 0. The number of halogens is 1. The first-order valence-electron chi connectivity index (χ1n) is 7.65. The van der Waals surface area contributed by atoms with E-state index in [1.165, 1.54) is 0 Å². The first-order chi connectivity index (χ1) is 11.8. The van der Waals surface area contributed by atoms with Gasteiger partial charge in [-0.05, 0) is 24.3 Å². The number of nitrogens with zero attached hydrogens (tertiary/aromatic N) is 3. The molecule has 1 heterocycles. The monoisotopic (exact) mass is 331 g/mol. The van der Waals surface area contributed by atoms with Crippen molar-refractivity contribution >= 4 is 11.6 Å². The van der Waals surface area contributed by atoms with Crippen molar-refractivity contribution in [1.82, 2.24) is 15.0 Å². The van der Waals surface area contributed by atoms with Gasteiger partial charge in [0.25, 0.3) is 0 Å². The Morgan fingerprint density at radius 1 is 0.583 bits per heavy atom. The van der Waals surface area contributed by atoms with Gasteiger partial charge in [-0.1, -0.05) is 72.3 Å². The summed E-state index contributed by atoms with van der Waals surface area (Å²) in [5.41, 5.74) is 4.67. The smallest absolute Gasteiger partial charge is 0.121 e. The lowest BCUT2D eigenvalue weighted by Gasteiger charge is -2.00. The Morgan fingerprint density at radius 2 is 1.04 bits per heavy atom. The van der Waals surface area contributed by atoms with Crippen molar-refractivity contribution < 1.29 is 0 Å². The fourth-order valence-electron chi connectivity index (χ4n) is 2.58. The van der Waals surface area contributed by atoms with Gasteiger partial charge >= 0.3 is 0 Å². The highest BCUT2D eigenvalue weighted by Crippen LogP contribution is 2.29. The van der Waals surface area contributed by atoms with Crippen LogP contribution in [0.4, 0.5) is 0 Å². The topological polar surface area (TPSA) is 30.7 Å². The van der Waals surface area contributed by atoms with Gasteiger partial charge in [-0.15, -0.1) is 10.2 Å². The molecule has 4 rings (SSSR count). The molecule has 1 aromatic heterocycles. The van der Waals surface area contributed by atoms with Crippen LogP contribution in [0, 0.1) is 0 Å². The normalized spacial score (nSPS) is 10.7. The quantitative estimate of drug-likeness (QED) is 0.513. The zero-order valence-electron chi connectivity index (χ0n) is 12.8. The van der Waals surface area contributed by atoms with Gasteiger partial charge in [0.2, 0.25) is 0 Å². The second-order valence-corrected chi connectivity index (χ2v) is 5.83. The molecule has 116 valence electrons. The second kappa shape index (κ2) is 6.30. The van der Waals surface area contributed by atoms with Crippen LogP contribution in [0.25, 0.3) is 28.2 Å². The summed E-state index contributed by atoms with van der Waals surface area (Å²) in [6, 6.07) is 27.7. The Bertz CT molecular complexity index is 888. The van der Waals surface area contributed by atoms with Gasteiger partial charge in [0.05, 0.1) is 5.69 Å². The maximum Gasteiger partial charge on any atom is 0.121 e. The van der Waals surface area contributed by atoms with Crippen molar-refractivity contribution in [2.24, 2.45) is 0 Å².